The molecule has 6 nitrogen and oxygen atoms in total. The Morgan fingerprint density at radius 3 is 2.69 bits per heavy atom. The second kappa shape index (κ2) is 7.67. The van der Waals surface area contributed by atoms with Crippen molar-refractivity contribution >= 4 is 23.4 Å². The van der Waals surface area contributed by atoms with Crippen LogP contribution in [0.15, 0.2) is 71.1 Å². The van der Waals surface area contributed by atoms with Gasteiger partial charge in [0, 0.05) is 23.3 Å². The maximum absolute atomic E-state index is 13.1. The number of hydrogen-bond acceptors (Lipinski definition) is 4. The van der Waals surface area contributed by atoms with Crippen molar-refractivity contribution < 1.29 is 9.48 Å². The number of thioether (sulfide) groups is 1. The van der Waals surface area contributed by atoms with Crippen LogP contribution in [0.5, 0.6) is 0 Å². The minimum atomic E-state index is -0.552. The first-order chi connectivity index (χ1) is 14.0. The molecule has 2 heterocycles. The molecule has 0 radical (unpaired) electrons. The van der Waals surface area contributed by atoms with Gasteiger partial charge in [-0.1, -0.05) is 47.7 Å². The predicted octanol–water partition coefficient (Wildman–Crippen LogP) is 3.22. The van der Waals surface area contributed by atoms with Crippen molar-refractivity contribution in [2.45, 2.75) is 25.2 Å². The summed E-state index contributed by atoms with van der Waals surface area (Å²) in [6.07, 6.45) is 1.20. The van der Waals surface area contributed by atoms with Gasteiger partial charge in [-0.15, -0.1) is 6.58 Å². The zero-order valence-electron chi connectivity index (χ0n) is 16.3. The molecule has 3 aromatic rings. The van der Waals surface area contributed by atoms with E-state index in [-0.39, 0.29) is 11.5 Å². The normalized spacial score (nSPS) is 14.8. The lowest BCUT2D eigenvalue weighted by Crippen LogP contribution is -2.60. The number of nitrogens with zero attached hydrogens (tertiary/aromatic N) is 3. The van der Waals surface area contributed by atoms with Gasteiger partial charge < -0.3 is 0 Å². The third-order valence-corrected chi connectivity index (χ3v) is 5.67. The molecule has 2 aromatic carbocycles. The first-order valence-corrected chi connectivity index (χ1v) is 10.3. The van der Waals surface area contributed by atoms with E-state index in [1.807, 2.05) is 55.5 Å². The molecule has 0 fully saturated rings. The SMILES string of the molecule is C=CCSc1n[n+]2c(c(=O)[nH]1)-c1ccccc1N(C(C)=O)[C@H]2c1ccc(C)cc1. The Morgan fingerprint density at radius 2 is 2.00 bits per heavy atom. The largest absolute Gasteiger partial charge is 0.325 e. The molecule has 0 spiro atoms. The summed E-state index contributed by atoms with van der Waals surface area (Å²) >= 11 is 1.39. The van der Waals surface area contributed by atoms with Gasteiger partial charge in [-0.3, -0.25) is 14.6 Å². The molecule has 0 saturated carbocycles. The van der Waals surface area contributed by atoms with E-state index in [1.54, 1.807) is 15.7 Å². The number of para-hydroxylation sites is 1. The van der Waals surface area contributed by atoms with Gasteiger partial charge in [0.2, 0.25) is 11.1 Å². The van der Waals surface area contributed by atoms with Crippen LogP contribution in [0, 0.1) is 6.92 Å². The maximum atomic E-state index is 13.1. The summed E-state index contributed by atoms with van der Waals surface area (Å²) in [5.74, 6) is 0.494. The lowest BCUT2D eigenvalue weighted by atomic mass is 10.0. The molecule has 4 rings (SSSR count). The van der Waals surface area contributed by atoms with Gasteiger partial charge in [0.25, 0.3) is 6.17 Å². The van der Waals surface area contributed by atoms with E-state index in [2.05, 4.69) is 11.6 Å². The molecule has 1 aliphatic rings. The number of benzene rings is 2. The molecule has 0 bridgehead atoms. The molecule has 1 atom stereocenters. The number of amides is 1. The van der Waals surface area contributed by atoms with Crippen LogP contribution < -0.4 is 15.1 Å². The van der Waals surface area contributed by atoms with Crippen LogP contribution in [0.4, 0.5) is 5.69 Å². The topological polar surface area (TPSA) is 69.9 Å². The van der Waals surface area contributed by atoms with Crippen molar-refractivity contribution in [3.63, 3.8) is 0 Å². The van der Waals surface area contributed by atoms with Gasteiger partial charge in [-0.05, 0) is 35.9 Å². The number of H-pyrrole nitrogens is 1. The predicted molar refractivity (Wildman–Crippen MR) is 114 cm³/mol. The van der Waals surface area contributed by atoms with Crippen LogP contribution in [-0.2, 0) is 4.79 Å². The third kappa shape index (κ3) is 3.38. The van der Waals surface area contributed by atoms with Gasteiger partial charge in [-0.2, -0.15) is 0 Å². The minimum absolute atomic E-state index is 0.122. The third-order valence-electron chi connectivity index (χ3n) is 4.81. The lowest BCUT2D eigenvalue weighted by molar-refractivity contribution is -0.763. The highest BCUT2D eigenvalue weighted by atomic mass is 32.2. The summed E-state index contributed by atoms with van der Waals surface area (Å²) in [4.78, 5) is 30.4. The summed E-state index contributed by atoms with van der Waals surface area (Å²) in [5, 5.41) is 5.19. The number of aryl methyl sites for hydroxylation is 1. The molecule has 1 aromatic heterocycles. The average molecular weight is 406 g/mol. The zero-order chi connectivity index (χ0) is 20.5. The van der Waals surface area contributed by atoms with Gasteiger partial charge in [0.1, 0.15) is 0 Å². The standard InChI is InChI=1S/C22H20N4O2S/c1-4-13-29-22-23-20(28)19-17-7-5-6-8-18(17)25(15(3)27)21(26(19)24-22)16-11-9-14(2)10-12-16/h4-12,21H,1,13H2,2-3H3/p+1/t21-/m1/s1. The fourth-order valence-corrected chi connectivity index (χ4v) is 4.14. The van der Waals surface area contributed by atoms with E-state index in [9.17, 15) is 9.59 Å². The molecule has 7 heteroatoms. The van der Waals surface area contributed by atoms with Crippen molar-refractivity contribution in [2.24, 2.45) is 0 Å². The number of carbonyl (C=O) groups excluding carboxylic acids is 1. The number of carbonyl (C=O) groups is 1. The van der Waals surface area contributed by atoms with Crippen LogP contribution in [0.25, 0.3) is 11.3 Å². The lowest BCUT2D eigenvalue weighted by Gasteiger charge is -2.31. The van der Waals surface area contributed by atoms with Gasteiger partial charge >= 0.3 is 11.3 Å². The highest BCUT2D eigenvalue weighted by Gasteiger charge is 2.44. The first-order valence-electron chi connectivity index (χ1n) is 9.27. The van der Waals surface area contributed by atoms with Crippen LogP contribution >= 0.6 is 11.8 Å². The quantitative estimate of drug-likeness (QED) is 0.411. The Hall–Kier alpha value is -3.19. The van der Waals surface area contributed by atoms with Crippen molar-refractivity contribution in [1.29, 1.82) is 0 Å². The van der Waals surface area contributed by atoms with Crippen molar-refractivity contribution in [1.82, 2.24) is 10.1 Å². The Morgan fingerprint density at radius 1 is 1.28 bits per heavy atom. The van der Waals surface area contributed by atoms with Crippen molar-refractivity contribution in [3.05, 3.63) is 82.7 Å². The molecule has 1 aliphatic heterocycles. The van der Waals surface area contributed by atoms with E-state index in [4.69, 9.17) is 5.10 Å². The first kappa shape index (κ1) is 19.1. The van der Waals surface area contributed by atoms with Gasteiger partial charge in [0.05, 0.1) is 11.3 Å². The summed E-state index contributed by atoms with van der Waals surface area (Å²) in [6.45, 7) is 7.26. The molecule has 0 saturated heterocycles. The number of aromatic nitrogens is 3. The number of anilines is 1. The Balaban J connectivity index is 2.03. The second-order valence-corrected chi connectivity index (χ2v) is 7.85. The molecule has 0 aliphatic carbocycles. The highest BCUT2D eigenvalue weighted by molar-refractivity contribution is 7.99. The van der Waals surface area contributed by atoms with Crippen LogP contribution in [0.3, 0.4) is 0 Å². The van der Waals surface area contributed by atoms with Crippen LogP contribution in [0.2, 0.25) is 0 Å². The average Bonchev–Trinajstić information content (AvgIpc) is 2.71. The fourth-order valence-electron chi connectivity index (χ4n) is 3.55. The summed E-state index contributed by atoms with van der Waals surface area (Å²) < 4.78 is 1.67. The van der Waals surface area contributed by atoms with Gasteiger partial charge in [0.15, 0.2) is 0 Å². The maximum Gasteiger partial charge on any atom is 0.325 e. The number of hydrogen-bond donors (Lipinski definition) is 1. The highest BCUT2D eigenvalue weighted by Crippen LogP contribution is 2.37. The molecule has 1 amide bonds. The molecule has 146 valence electrons. The van der Waals surface area contributed by atoms with E-state index >= 15 is 0 Å². The minimum Gasteiger partial charge on any atom is -0.291 e. The Kier molecular flexibility index (Phi) is 5.07. The van der Waals surface area contributed by atoms with Crippen molar-refractivity contribution in [2.75, 3.05) is 10.7 Å². The Bertz CT molecular complexity index is 1150. The molecular formula is C22H21N4O2S+. The zero-order valence-corrected chi connectivity index (χ0v) is 17.1. The smallest absolute Gasteiger partial charge is 0.291 e. The van der Waals surface area contributed by atoms with Crippen molar-refractivity contribution in [3.8, 4) is 11.3 Å². The van der Waals surface area contributed by atoms with E-state index < -0.39 is 6.17 Å². The van der Waals surface area contributed by atoms with Crippen LogP contribution in [0.1, 0.15) is 24.2 Å². The molecule has 29 heavy (non-hydrogen) atoms. The molecule has 1 N–H and O–H groups in total. The fraction of sp³-hybridized carbons (Fsp3) is 0.182. The number of fused-ring (bicyclic) bond motifs is 3. The molecular weight excluding hydrogens is 384 g/mol. The summed E-state index contributed by atoms with van der Waals surface area (Å²) in [5.41, 5.74) is 3.57. The number of rotatable bonds is 4. The summed E-state index contributed by atoms with van der Waals surface area (Å²) in [7, 11) is 0. The second-order valence-electron chi connectivity index (χ2n) is 6.84. The number of nitrogens with one attached hydrogen (secondary N) is 1. The molecule has 0 unspecified atom stereocenters. The van der Waals surface area contributed by atoms with Gasteiger partial charge in [-0.25, -0.2) is 4.90 Å². The Labute approximate surface area is 172 Å². The number of aromatic amines is 1. The van der Waals surface area contributed by atoms with E-state index in [0.717, 1.165) is 11.1 Å². The van der Waals surface area contributed by atoms with E-state index in [0.29, 0.717) is 27.9 Å². The van der Waals surface area contributed by atoms with E-state index in [1.165, 1.54) is 18.7 Å². The monoisotopic (exact) mass is 405 g/mol. The summed E-state index contributed by atoms with van der Waals surface area (Å²) in [6, 6.07) is 15.4. The van der Waals surface area contributed by atoms with Crippen LogP contribution in [-0.4, -0.2) is 21.7 Å².